The second-order valence-electron chi connectivity index (χ2n) is 7.20. The zero-order valence-corrected chi connectivity index (χ0v) is 15.8. The van der Waals surface area contributed by atoms with E-state index in [1.165, 1.54) is 5.56 Å². The van der Waals surface area contributed by atoms with Crippen LogP contribution < -0.4 is 5.32 Å². The Labute approximate surface area is 161 Å². The molecule has 3 rings (SSSR count). The van der Waals surface area contributed by atoms with Crippen LogP contribution in [0.1, 0.15) is 25.3 Å². The Morgan fingerprint density at radius 2 is 1.85 bits per heavy atom. The summed E-state index contributed by atoms with van der Waals surface area (Å²) in [4.78, 5) is 14.6. The van der Waals surface area contributed by atoms with E-state index in [0.29, 0.717) is 12.8 Å². The van der Waals surface area contributed by atoms with Crippen molar-refractivity contribution in [2.75, 3.05) is 18.4 Å². The van der Waals surface area contributed by atoms with Gasteiger partial charge in [0.2, 0.25) is 0 Å². The van der Waals surface area contributed by atoms with Crippen LogP contribution in [-0.2, 0) is 11.2 Å². The van der Waals surface area contributed by atoms with E-state index in [2.05, 4.69) is 40.6 Å². The lowest BCUT2D eigenvalue weighted by molar-refractivity contribution is -0.144. The maximum atomic E-state index is 12.2. The van der Waals surface area contributed by atoms with Gasteiger partial charge in [-0.2, -0.15) is 0 Å². The van der Waals surface area contributed by atoms with Gasteiger partial charge in [0.1, 0.15) is 5.54 Å². The summed E-state index contributed by atoms with van der Waals surface area (Å²) in [6, 6.07) is 20.2. The average molecular weight is 364 g/mol. The second kappa shape index (κ2) is 8.87. The summed E-state index contributed by atoms with van der Waals surface area (Å²) in [6.45, 7) is 3.69. The standard InChI is InChI=1S/C23H28N2O2/c1-2-9-21-18-23(22(26)27,24-20-12-7-4-8-13-20)15-17-25(21)16-14-19-10-5-3-6-11-19/h2-13,21,24H,14-18H2,1H3,(H,26,27). The Morgan fingerprint density at radius 1 is 1.19 bits per heavy atom. The van der Waals surface area contributed by atoms with Crippen LogP contribution in [0.25, 0.3) is 0 Å². The van der Waals surface area contributed by atoms with Gasteiger partial charge in [0.25, 0.3) is 0 Å². The molecule has 2 N–H and O–H groups in total. The van der Waals surface area contributed by atoms with Gasteiger partial charge >= 0.3 is 5.97 Å². The maximum Gasteiger partial charge on any atom is 0.329 e. The lowest BCUT2D eigenvalue weighted by atomic mass is 9.82. The number of rotatable bonds is 7. The predicted octanol–water partition coefficient (Wildman–Crippen LogP) is 4.21. The van der Waals surface area contributed by atoms with Crippen molar-refractivity contribution in [3.05, 3.63) is 78.4 Å². The number of hydrogen-bond acceptors (Lipinski definition) is 3. The third kappa shape index (κ3) is 4.77. The van der Waals surface area contributed by atoms with E-state index in [1.54, 1.807) is 0 Å². The number of hydrogen-bond donors (Lipinski definition) is 2. The van der Waals surface area contributed by atoms with Crippen LogP contribution in [0.15, 0.2) is 72.8 Å². The summed E-state index contributed by atoms with van der Waals surface area (Å²) in [5, 5.41) is 13.3. The van der Waals surface area contributed by atoms with Gasteiger partial charge in [-0.15, -0.1) is 0 Å². The van der Waals surface area contributed by atoms with Crippen LogP contribution in [0, 0.1) is 0 Å². The van der Waals surface area contributed by atoms with Crippen LogP contribution in [-0.4, -0.2) is 40.6 Å². The molecule has 2 aromatic rings. The molecule has 4 heteroatoms. The van der Waals surface area contributed by atoms with Crippen molar-refractivity contribution in [3.63, 3.8) is 0 Å². The minimum atomic E-state index is -0.936. The van der Waals surface area contributed by atoms with Crippen molar-refractivity contribution < 1.29 is 9.90 Å². The molecule has 0 radical (unpaired) electrons. The Morgan fingerprint density at radius 3 is 2.48 bits per heavy atom. The number of allylic oxidation sites excluding steroid dienone is 1. The molecule has 1 fully saturated rings. The molecule has 142 valence electrons. The molecular formula is C23H28N2O2. The molecule has 1 aliphatic rings. The van der Waals surface area contributed by atoms with Gasteiger partial charge in [0, 0.05) is 31.2 Å². The molecule has 2 aromatic carbocycles. The predicted molar refractivity (Wildman–Crippen MR) is 110 cm³/mol. The fourth-order valence-corrected chi connectivity index (χ4v) is 3.85. The zero-order valence-electron chi connectivity index (χ0n) is 15.8. The minimum absolute atomic E-state index is 0.111. The van der Waals surface area contributed by atoms with Gasteiger partial charge in [0.05, 0.1) is 0 Å². The lowest BCUT2D eigenvalue weighted by Crippen LogP contribution is -2.58. The average Bonchev–Trinajstić information content (AvgIpc) is 2.69. The Balaban J connectivity index is 1.73. The van der Waals surface area contributed by atoms with Gasteiger partial charge in [-0.3, -0.25) is 4.90 Å². The molecule has 0 aromatic heterocycles. The number of carboxylic acids is 1. The Hall–Kier alpha value is -2.59. The molecule has 0 aliphatic carbocycles. The van der Waals surface area contributed by atoms with Gasteiger partial charge in [-0.05, 0) is 37.5 Å². The highest BCUT2D eigenvalue weighted by Gasteiger charge is 2.44. The number of nitrogens with zero attached hydrogens (tertiary/aromatic N) is 1. The summed E-state index contributed by atoms with van der Waals surface area (Å²) in [5.74, 6) is -0.774. The van der Waals surface area contributed by atoms with Crippen molar-refractivity contribution in [2.45, 2.75) is 37.8 Å². The summed E-state index contributed by atoms with van der Waals surface area (Å²) in [5.41, 5.74) is 1.24. The number of anilines is 1. The van der Waals surface area contributed by atoms with Crippen molar-refractivity contribution >= 4 is 11.7 Å². The van der Waals surface area contributed by atoms with Crippen molar-refractivity contribution in [1.29, 1.82) is 0 Å². The molecule has 0 spiro atoms. The summed E-state index contributed by atoms with van der Waals surface area (Å²) >= 11 is 0. The SMILES string of the molecule is CC=CC1CC(Nc2ccccc2)(C(=O)O)CCN1CCc1ccccc1. The van der Waals surface area contributed by atoms with Crippen LogP contribution >= 0.6 is 0 Å². The van der Waals surface area contributed by atoms with E-state index in [9.17, 15) is 9.90 Å². The van der Waals surface area contributed by atoms with Gasteiger partial charge in [0.15, 0.2) is 0 Å². The highest BCUT2D eigenvalue weighted by molar-refractivity contribution is 5.83. The second-order valence-corrected chi connectivity index (χ2v) is 7.20. The number of piperidine rings is 1. The van der Waals surface area contributed by atoms with E-state index >= 15 is 0 Å². The molecule has 1 saturated heterocycles. The quantitative estimate of drug-likeness (QED) is 0.723. The Bertz CT molecular complexity index is 760. The van der Waals surface area contributed by atoms with E-state index in [0.717, 1.165) is 25.2 Å². The number of benzene rings is 2. The summed E-state index contributed by atoms with van der Waals surface area (Å²) < 4.78 is 0. The lowest BCUT2D eigenvalue weighted by Gasteiger charge is -2.44. The zero-order chi connectivity index (χ0) is 19.1. The van der Waals surface area contributed by atoms with E-state index in [-0.39, 0.29) is 6.04 Å². The summed E-state index contributed by atoms with van der Waals surface area (Å²) in [7, 11) is 0. The Kier molecular flexibility index (Phi) is 6.30. The molecule has 4 nitrogen and oxygen atoms in total. The maximum absolute atomic E-state index is 12.2. The molecule has 2 unspecified atom stereocenters. The van der Waals surface area contributed by atoms with Crippen LogP contribution in [0.5, 0.6) is 0 Å². The molecule has 1 aliphatic heterocycles. The first-order chi connectivity index (χ1) is 13.1. The third-order valence-corrected chi connectivity index (χ3v) is 5.36. The van der Waals surface area contributed by atoms with Crippen molar-refractivity contribution in [2.24, 2.45) is 0 Å². The fourth-order valence-electron chi connectivity index (χ4n) is 3.85. The minimum Gasteiger partial charge on any atom is -0.480 e. The number of carboxylic acid groups (broad SMARTS) is 1. The van der Waals surface area contributed by atoms with Crippen molar-refractivity contribution in [3.8, 4) is 0 Å². The smallest absolute Gasteiger partial charge is 0.329 e. The normalized spacial score (nSPS) is 23.4. The number of likely N-dealkylation sites (tertiary alicyclic amines) is 1. The highest BCUT2D eigenvalue weighted by atomic mass is 16.4. The van der Waals surface area contributed by atoms with Gasteiger partial charge < -0.3 is 10.4 Å². The van der Waals surface area contributed by atoms with Gasteiger partial charge in [-0.25, -0.2) is 4.79 Å². The fraction of sp³-hybridized carbons (Fsp3) is 0.348. The first kappa shape index (κ1) is 19.2. The molecule has 0 saturated carbocycles. The van der Waals surface area contributed by atoms with E-state index in [1.807, 2.05) is 49.4 Å². The molecule has 0 bridgehead atoms. The molecule has 1 heterocycles. The van der Waals surface area contributed by atoms with E-state index < -0.39 is 11.5 Å². The first-order valence-corrected chi connectivity index (χ1v) is 9.60. The van der Waals surface area contributed by atoms with Crippen LogP contribution in [0.3, 0.4) is 0 Å². The number of para-hydroxylation sites is 1. The van der Waals surface area contributed by atoms with Crippen molar-refractivity contribution in [1.82, 2.24) is 4.90 Å². The molecule has 0 amide bonds. The molecule has 2 atom stereocenters. The monoisotopic (exact) mass is 364 g/mol. The number of nitrogens with one attached hydrogen (secondary N) is 1. The number of carbonyl (C=O) groups is 1. The third-order valence-electron chi connectivity index (χ3n) is 5.36. The number of aliphatic carboxylic acids is 1. The topological polar surface area (TPSA) is 52.6 Å². The van der Waals surface area contributed by atoms with Crippen LogP contribution in [0.4, 0.5) is 5.69 Å². The summed E-state index contributed by atoms with van der Waals surface area (Å²) in [6.07, 6.45) is 6.27. The highest BCUT2D eigenvalue weighted by Crippen LogP contribution is 2.32. The largest absolute Gasteiger partial charge is 0.480 e. The van der Waals surface area contributed by atoms with E-state index in [4.69, 9.17) is 0 Å². The first-order valence-electron chi connectivity index (χ1n) is 9.60. The van der Waals surface area contributed by atoms with Crippen LogP contribution in [0.2, 0.25) is 0 Å². The molecular weight excluding hydrogens is 336 g/mol. The van der Waals surface area contributed by atoms with Gasteiger partial charge in [-0.1, -0.05) is 60.7 Å². The molecule has 27 heavy (non-hydrogen) atoms.